The minimum absolute atomic E-state index is 0.0793. The lowest BCUT2D eigenvalue weighted by atomic mass is 10.0. The van der Waals surface area contributed by atoms with Gasteiger partial charge in [-0.25, -0.2) is 4.79 Å². The van der Waals surface area contributed by atoms with E-state index in [1.165, 1.54) is 6.07 Å². The van der Waals surface area contributed by atoms with E-state index in [9.17, 15) is 9.59 Å². The summed E-state index contributed by atoms with van der Waals surface area (Å²) >= 11 is 0. The van der Waals surface area contributed by atoms with Crippen LogP contribution in [0.3, 0.4) is 0 Å². The summed E-state index contributed by atoms with van der Waals surface area (Å²) in [6, 6.07) is 12.8. The van der Waals surface area contributed by atoms with Gasteiger partial charge in [0, 0.05) is 41.3 Å². The van der Waals surface area contributed by atoms with Crippen LogP contribution < -0.4 is 15.7 Å². The van der Waals surface area contributed by atoms with Crippen LogP contribution in [0.5, 0.6) is 5.75 Å². The second-order valence-electron chi connectivity index (χ2n) is 6.74. The number of aryl methyl sites for hydroxylation is 2. The molecular weight excluding hydrogens is 356 g/mol. The Balaban J connectivity index is 1.52. The van der Waals surface area contributed by atoms with Gasteiger partial charge in [-0.15, -0.1) is 0 Å². The highest BCUT2D eigenvalue weighted by atomic mass is 16.5. The molecule has 4 aromatic rings. The monoisotopic (exact) mass is 376 g/mol. The van der Waals surface area contributed by atoms with Crippen LogP contribution in [0.25, 0.3) is 21.9 Å². The molecule has 0 atom stereocenters. The van der Waals surface area contributed by atoms with Crippen molar-refractivity contribution in [3.05, 3.63) is 70.2 Å². The fraction of sp³-hybridized carbons (Fsp3) is 0.182. The number of hydrogen-bond donors (Lipinski definition) is 2. The van der Waals surface area contributed by atoms with Gasteiger partial charge >= 0.3 is 5.63 Å². The largest absolute Gasteiger partial charge is 0.496 e. The molecule has 0 radical (unpaired) electrons. The van der Waals surface area contributed by atoms with E-state index < -0.39 is 5.63 Å². The number of carbonyl (C=O) groups is 1. The van der Waals surface area contributed by atoms with Crippen molar-refractivity contribution in [2.75, 3.05) is 12.4 Å². The van der Waals surface area contributed by atoms with Crippen LogP contribution in [0.4, 0.5) is 5.69 Å². The van der Waals surface area contributed by atoms with E-state index in [0.717, 1.165) is 33.1 Å². The van der Waals surface area contributed by atoms with Gasteiger partial charge in [0.25, 0.3) is 0 Å². The number of benzene rings is 2. The molecule has 6 nitrogen and oxygen atoms in total. The highest BCUT2D eigenvalue weighted by Crippen LogP contribution is 2.28. The minimum Gasteiger partial charge on any atom is -0.496 e. The van der Waals surface area contributed by atoms with Crippen molar-refractivity contribution in [1.82, 2.24) is 4.98 Å². The molecule has 0 aliphatic carbocycles. The van der Waals surface area contributed by atoms with Crippen molar-refractivity contribution in [3.8, 4) is 5.75 Å². The second-order valence-corrected chi connectivity index (χ2v) is 6.74. The Morgan fingerprint density at radius 1 is 1.18 bits per heavy atom. The zero-order chi connectivity index (χ0) is 19.7. The summed E-state index contributed by atoms with van der Waals surface area (Å²) in [4.78, 5) is 27.1. The maximum absolute atomic E-state index is 12.4. The molecule has 0 aliphatic rings. The maximum Gasteiger partial charge on any atom is 0.336 e. The smallest absolute Gasteiger partial charge is 0.336 e. The molecule has 2 aromatic carbocycles. The van der Waals surface area contributed by atoms with Crippen LogP contribution in [0.1, 0.15) is 17.5 Å². The molecule has 4 rings (SSSR count). The first kappa shape index (κ1) is 17.9. The van der Waals surface area contributed by atoms with Gasteiger partial charge in [-0.1, -0.05) is 6.07 Å². The summed E-state index contributed by atoms with van der Waals surface area (Å²) in [6.07, 6.45) is 2.68. The van der Waals surface area contributed by atoms with E-state index in [1.807, 2.05) is 43.5 Å². The maximum atomic E-state index is 12.4. The number of aromatic amines is 1. The Bertz CT molecular complexity index is 1240. The summed E-state index contributed by atoms with van der Waals surface area (Å²) < 4.78 is 10.7. The second kappa shape index (κ2) is 7.23. The van der Waals surface area contributed by atoms with E-state index >= 15 is 0 Å². The molecule has 28 heavy (non-hydrogen) atoms. The molecule has 2 heterocycles. The van der Waals surface area contributed by atoms with Gasteiger partial charge < -0.3 is 19.5 Å². The number of anilines is 1. The third kappa shape index (κ3) is 3.49. The lowest BCUT2D eigenvalue weighted by Crippen LogP contribution is -2.12. The standard InChI is InChI=1S/C22H20N2O4/c1-13-9-22(26)28-20-12-19(27-2)15(10-17(13)20)4-6-21(25)24-16-5-3-14-7-8-23-18(14)11-16/h3,5,7-12,23H,4,6H2,1-2H3,(H,24,25). The summed E-state index contributed by atoms with van der Waals surface area (Å²) in [6.45, 7) is 1.86. The Hall–Kier alpha value is -3.54. The third-order valence-electron chi connectivity index (χ3n) is 4.81. The van der Waals surface area contributed by atoms with E-state index in [2.05, 4.69) is 10.3 Å². The molecule has 0 fully saturated rings. The number of ether oxygens (including phenoxy) is 1. The quantitative estimate of drug-likeness (QED) is 0.512. The molecule has 0 saturated carbocycles. The predicted octanol–water partition coefficient (Wildman–Crippen LogP) is 4.16. The average molecular weight is 376 g/mol. The van der Waals surface area contributed by atoms with Gasteiger partial charge in [0.1, 0.15) is 11.3 Å². The van der Waals surface area contributed by atoms with Crippen molar-refractivity contribution >= 4 is 33.5 Å². The van der Waals surface area contributed by atoms with Gasteiger partial charge in [-0.2, -0.15) is 0 Å². The molecule has 6 heteroatoms. The first-order chi connectivity index (χ1) is 13.5. The Kier molecular flexibility index (Phi) is 4.61. The fourth-order valence-electron chi connectivity index (χ4n) is 3.37. The summed E-state index contributed by atoms with van der Waals surface area (Å²) in [7, 11) is 1.56. The molecule has 0 aliphatic heterocycles. The van der Waals surface area contributed by atoms with Crippen LogP contribution in [0, 0.1) is 6.92 Å². The van der Waals surface area contributed by atoms with Crippen molar-refractivity contribution in [3.63, 3.8) is 0 Å². The lowest BCUT2D eigenvalue weighted by Gasteiger charge is -2.11. The van der Waals surface area contributed by atoms with Crippen LogP contribution in [-0.4, -0.2) is 18.0 Å². The topological polar surface area (TPSA) is 84.3 Å². The van der Waals surface area contributed by atoms with Gasteiger partial charge in [0.15, 0.2) is 0 Å². The van der Waals surface area contributed by atoms with E-state index in [-0.39, 0.29) is 5.91 Å². The lowest BCUT2D eigenvalue weighted by molar-refractivity contribution is -0.116. The molecule has 0 saturated heterocycles. The number of hydrogen-bond acceptors (Lipinski definition) is 4. The Morgan fingerprint density at radius 3 is 2.86 bits per heavy atom. The van der Waals surface area contributed by atoms with Crippen LogP contribution >= 0.6 is 0 Å². The van der Waals surface area contributed by atoms with E-state index in [4.69, 9.17) is 9.15 Å². The molecule has 2 N–H and O–H groups in total. The minimum atomic E-state index is -0.391. The molecule has 2 aromatic heterocycles. The van der Waals surface area contributed by atoms with Crippen molar-refractivity contribution in [2.24, 2.45) is 0 Å². The number of methoxy groups -OCH3 is 1. The Morgan fingerprint density at radius 2 is 2.04 bits per heavy atom. The fourth-order valence-corrected chi connectivity index (χ4v) is 3.37. The first-order valence-corrected chi connectivity index (χ1v) is 9.02. The zero-order valence-electron chi connectivity index (χ0n) is 15.7. The van der Waals surface area contributed by atoms with Crippen LogP contribution in [0.15, 0.2) is 57.9 Å². The molecule has 0 bridgehead atoms. The molecule has 142 valence electrons. The van der Waals surface area contributed by atoms with Crippen molar-refractivity contribution < 1.29 is 13.9 Å². The zero-order valence-corrected chi connectivity index (χ0v) is 15.7. The highest BCUT2D eigenvalue weighted by molar-refractivity contribution is 5.94. The van der Waals surface area contributed by atoms with Crippen molar-refractivity contribution in [2.45, 2.75) is 19.8 Å². The van der Waals surface area contributed by atoms with Gasteiger partial charge in [0.05, 0.1) is 7.11 Å². The summed E-state index contributed by atoms with van der Waals surface area (Å²) in [5.41, 5.74) is 3.54. The first-order valence-electron chi connectivity index (χ1n) is 9.02. The van der Waals surface area contributed by atoms with Gasteiger partial charge in [0.2, 0.25) is 5.91 Å². The number of nitrogens with one attached hydrogen (secondary N) is 2. The third-order valence-corrected chi connectivity index (χ3v) is 4.81. The molecule has 0 spiro atoms. The number of amides is 1. The molecule has 1 amide bonds. The number of rotatable bonds is 5. The van der Waals surface area contributed by atoms with Gasteiger partial charge in [-0.05, 0) is 54.1 Å². The number of carbonyl (C=O) groups excluding carboxylic acids is 1. The SMILES string of the molecule is COc1cc2oc(=O)cc(C)c2cc1CCC(=O)Nc1ccc2cc[nH]c2c1. The summed E-state index contributed by atoms with van der Waals surface area (Å²) in [5.74, 6) is 0.520. The predicted molar refractivity (Wildman–Crippen MR) is 109 cm³/mol. The average Bonchev–Trinajstić information content (AvgIpc) is 3.13. The highest BCUT2D eigenvalue weighted by Gasteiger charge is 2.12. The van der Waals surface area contributed by atoms with Crippen LogP contribution in [0.2, 0.25) is 0 Å². The normalized spacial score (nSPS) is 11.1. The summed E-state index contributed by atoms with van der Waals surface area (Å²) in [5, 5.41) is 4.87. The van der Waals surface area contributed by atoms with E-state index in [0.29, 0.717) is 24.2 Å². The molecular formula is C22H20N2O4. The Labute approximate surface area is 161 Å². The van der Waals surface area contributed by atoms with Crippen LogP contribution in [-0.2, 0) is 11.2 Å². The van der Waals surface area contributed by atoms with Crippen molar-refractivity contribution in [1.29, 1.82) is 0 Å². The van der Waals surface area contributed by atoms with Gasteiger partial charge in [-0.3, -0.25) is 4.79 Å². The molecule has 0 unspecified atom stereocenters. The number of H-pyrrole nitrogens is 1. The number of fused-ring (bicyclic) bond motifs is 2. The van der Waals surface area contributed by atoms with E-state index in [1.54, 1.807) is 13.2 Å². The number of aromatic nitrogens is 1.